The van der Waals surface area contributed by atoms with Gasteiger partial charge in [0, 0.05) is 0 Å². The molecule has 0 aromatic rings. The van der Waals surface area contributed by atoms with Crippen molar-refractivity contribution in [1.29, 1.82) is 0 Å². The number of hydrogen-bond donors (Lipinski definition) is 0. The molecule has 1 aliphatic rings. The van der Waals surface area contributed by atoms with E-state index in [4.69, 9.17) is 0 Å². The van der Waals surface area contributed by atoms with Gasteiger partial charge < -0.3 is 0 Å². The average molecular weight is 207 g/mol. The van der Waals surface area contributed by atoms with Gasteiger partial charge in [0.2, 0.25) is 0 Å². The van der Waals surface area contributed by atoms with Crippen LogP contribution in [0.2, 0.25) is 0 Å². The van der Waals surface area contributed by atoms with Crippen LogP contribution in [0.15, 0.2) is 12.2 Å². The van der Waals surface area contributed by atoms with Crippen LogP contribution in [0.5, 0.6) is 0 Å². The van der Waals surface area contributed by atoms with Gasteiger partial charge in [0.15, 0.2) is 0 Å². The zero-order valence-corrected chi connectivity index (χ0v) is 10.2. The normalized spacial score (nSPS) is 22.9. The Morgan fingerprint density at radius 2 is 0.867 bits per heavy atom. The van der Waals surface area contributed by atoms with E-state index in [0.717, 1.165) is 0 Å². The number of allylic oxidation sites excluding steroid dienone is 2. The highest BCUT2D eigenvalue weighted by Crippen LogP contribution is 2.13. The van der Waals surface area contributed by atoms with Crippen LogP contribution in [0, 0.1) is 6.42 Å². The van der Waals surface area contributed by atoms with Crippen LogP contribution >= 0.6 is 0 Å². The minimum atomic E-state index is 1.29. The highest BCUT2D eigenvalue weighted by Gasteiger charge is 1.94. The smallest absolute Gasteiger partial charge is 0.0351 e. The van der Waals surface area contributed by atoms with Gasteiger partial charge in [-0.15, -0.1) is 0 Å². The molecule has 87 valence electrons. The van der Waals surface area contributed by atoms with Crippen LogP contribution in [-0.2, 0) is 0 Å². The summed E-state index contributed by atoms with van der Waals surface area (Å²) in [7, 11) is 0. The van der Waals surface area contributed by atoms with E-state index in [1.165, 1.54) is 77.0 Å². The summed E-state index contributed by atoms with van der Waals surface area (Å²) in [6.45, 7) is 0. The third-order valence-electron chi connectivity index (χ3n) is 3.22. The molecule has 1 rings (SSSR count). The first-order valence-corrected chi connectivity index (χ1v) is 6.97. The maximum atomic E-state index is 2.49. The van der Waals surface area contributed by atoms with Crippen LogP contribution in [0.25, 0.3) is 0 Å². The van der Waals surface area contributed by atoms with E-state index in [0.29, 0.717) is 0 Å². The van der Waals surface area contributed by atoms with Crippen LogP contribution in [0.1, 0.15) is 77.0 Å². The van der Waals surface area contributed by atoms with Crippen LogP contribution in [0.3, 0.4) is 0 Å². The lowest BCUT2D eigenvalue weighted by Crippen LogP contribution is -1.82. The molecule has 1 radical (unpaired) electrons. The summed E-state index contributed by atoms with van der Waals surface area (Å²) < 4.78 is 0. The molecule has 0 amide bonds. The Labute approximate surface area is 96.2 Å². The zero-order chi connectivity index (χ0) is 10.6. The Morgan fingerprint density at radius 3 is 1.60 bits per heavy atom. The summed E-state index contributed by atoms with van der Waals surface area (Å²) in [4.78, 5) is 0. The Kier molecular flexibility index (Phi) is 8.76. The van der Waals surface area contributed by atoms with Crippen molar-refractivity contribution in [3.63, 3.8) is 0 Å². The van der Waals surface area contributed by atoms with Gasteiger partial charge in [-0.1, -0.05) is 57.1 Å². The molecule has 0 fully saturated rings. The number of hydrogen-bond acceptors (Lipinski definition) is 0. The molecule has 0 heteroatoms. The van der Waals surface area contributed by atoms with E-state index in [1.807, 2.05) is 0 Å². The summed E-state index contributed by atoms with van der Waals surface area (Å²) in [6.07, 6.45) is 24.0. The van der Waals surface area contributed by atoms with Crippen molar-refractivity contribution in [2.24, 2.45) is 0 Å². The standard InChI is InChI=1S/C15H27/c1-2-4-6-8-10-12-14-15-13-11-9-7-5-3-1/h1-2,9H,3-8,10-15H2. The van der Waals surface area contributed by atoms with E-state index in [9.17, 15) is 0 Å². The first kappa shape index (κ1) is 12.8. The average Bonchev–Trinajstić information content (AvgIpc) is 2.27. The Hall–Kier alpha value is -0.260. The molecule has 1 aliphatic carbocycles. The predicted octanol–water partition coefficient (Wildman–Crippen LogP) is 5.44. The molecule has 0 N–H and O–H groups in total. The lowest BCUT2D eigenvalue weighted by Gasteiger charge is -2.01. The molecule has 0 heterocycles. The number of rotatable bonds is 0. The van der Waals surface area contributed by atoms with Gasteiger partial charge in [0.1, 0.15) is 0 Å². The minimum Gasteiger partial charge on any atom is -0.0885 e. The van der Waals surface area contributed by atoms with E-state index in [1.54, 1.807) is 0 Å². The van der Waals surface area contributed by atoms with E-state index in [2.05, 4.69) is 18.6 Å². The van der Waals surface area contributed by atoms with Gasteiger partial charge >= 0.3 is 0 Å². The summed E-state index contributed by atoms with van der Waals surface area (Å²) >= 11 is 0. The molecule has 0 saturated heterocycles. The maximum absolute atomic E-state index is 2.49. The molecule has 0 aromatic heterocycles. The van der Waals surface area contributed by atoms with Crippen LogP contribution in [-0.4, -0.2) is 0 Å². The molecule has 0 bridgehead atoms. The zero-order valence-electron chi connectivity index (χ0n) is 10.2. The fourth-order valence-electron chi connectivity index (χ4n) is 2.19. The highest BCUT2D eigenvalue weighted by atomic mass is 14.0. The molecular weight excluding hydrogens is 180 g/mol. The van der Waals surface area contributed by atoms with Gasteiger partial charge in [0.05, 0.1) is 0 Å². The molecule has 0 nitrogen and oxygen atoms in total. The first-order chi connectivity index (χ1) is 7.50. The van der Waals surface area contributed by atoms with Crippen molar-refractivity contribution in [2.45, 2.75) is 77.0 Å². The van der Waals surface area contributed by atoms with Gasteiger partial charge in [0.25, 0.3) is 0 Å². The second-order valence-electron chi connectivity index (χ2n) is 4.74. The summed E-state index contributed by atoms with van der Waals surface area (Å²) in [6, 6.07) is 0. The molecule has 15 heavy (non-hydrogen) atoms. The van der Waals surface area contributed by atoms with Crippen molar-refractivity contribution in [3.8, 4) is 0 Å². The first-order valence-electron chi connectivity index (χ1n) is 6.97. The second-order valence-corrected chi connectivity index (χ2v) is 4.74. The van der Waals surface area contributed by atoms with Crippen LogP contribution in [0.4, 0.5) is 0 Å². The Bertz CT molecular complexity index is 130. The van der Waals surface area contributed by atoms with E-state index in [-0.39, 0.29) is 0 Å². The fraction of sp³-hybridized carbons (Fsp3) is 0.800. The third kappa shape index (κ3) is 8.72. The van der Waals surface area contributed by atoms with Crippen molar-refractivity contribution in [2.75, 3.05) is 0 Å². The van der Waals surface area contributed by atoms with E-state index >= 15 is 0 Å². The molecule has 0 spiro atoms. The molecule has 0 aliphatic heterocycles. The molecule has 0 saturated carbocycles. The molecule has 0 aromatic carbocycles. The SMILES string of the molecule is [CH]1CCCC=CCCCCCCCCC1. The highest BCUT2D eigenvalue weighted by molar-refractivity contribution is 4.82. The Morgan fingerprint density at radius 1 is 0.400 bits per heavy atom. The maximum Gasteiger partial charge on any atom is -0.0351 e. The fourth-order valence-corrected chi connectivity index (χ4v) is 2.19. The van der Waals surface area contributed by atoms with Crippen molar-refractivity contribution < 1.29 is 0 Å². The third-order valence-corrected chi connectivity index (χ3v) is 3.22. The van der Waals surface area contributed by atoms with Gasteiger partial charge in [-0.2, -0.15) is 0 Å². The second kappa shape index (κ2) is 10.3. The van der Waals surface area contributed by atoms with Crippen molar-refractivity contribution >= 4 is 0 Å². The van der Waals surface area contributed by atoms with Gasteiger partial charge in [-0.25, -0.2) is 0 Å². The minimum absolute atomic E-state index is 1.29. The summed E-state index contributed by atoms with van der Waals surface area (Å²) in [5.74, 6) is 0. The lowest BCUT2D eigenvalue weighted by atomic mass is 10.1. The predicted molar refractivity (Wildman–Crippen MR) is 68.8 cm³/mol. The largest absolute Gasteiger partial charge is 0.0885 e. The molecule has 0 atom stereocenters. The van der Waals surface area contributed by atoms with Gasteiger partial charge in [-0.3, -0.25) is 0 Å². The quantitative estimate of drug-likeness (QED) is 0.464. The molecule has 0 unspecified atom stereocenters. The lowest BCUT2D eigenvalue weighted by molar-refractivity contribution is 0.577. The van der Waals surface area contributed by atoms with Gasteiger partial charge in [-0.05, 0) is 38.5 Å². The summed E-state index contributed by atoms with van der Waals surface area (Å²) in [5.41, 5.74) is 0. The Balaban J connectivity index is 2.08. The topological polar surface area (TPSA) is 0 Å². The van der Waals surface area contributed by atoms with E-state index < -0.39 is 0 Å². The van der Waals surface area contributed by atoms with Crippen LogP contribution < -0.4 is 0 Å². The summed E-state index contributed by atoms with van der Waals surface area (Å²) in [5, 5.41) is 0. The van der Waals surface area contributed by atoms with Crippen molar-refractivity contribution in [1.82, 2.24) is 0 Å². The molecular formula is C15H27. The monoisotopic (exact) mass is 207 g/mol. The van der Waals surface area contributed by atoms with Crippen molar-refractivity contribution in [3.05, 3.63) is 18.6 Å².